The number of amides is 1. The number of methoxy groups -OCH3 is 2. The van der Waals surface area contributed by atoms with Crippen molar-refractivity contribution < 1.29 is 14.3 Å². The topological polar surface area (TPSA) is 78.3 Å². The van der Waals surface area contributed by atoms with Gasteiger partial charge in [0.15, 0.2) is 17.1 Å². The van der Waals surface area contributed by atoms with Crippen LogP contribution in [0.25, 0.3) is 11.0 Å². The summed E-state index contributed by atoms with van der Waals surface area (Å²) in [5.74, 6) is 1.10. The second kappa shape index (κ2) is 7.88. The number of aryl methyl sites for hydroxylation is 1. The third-order valence-electron chi connectivity index (χ3n) is 4.75. The van der Waals surface area contributed by atoms with Crippen molar-refractivity contribution in [1.82, 2.24) is 20.1 Å². The van der Waals surface area contributed by atoms with Gasteiger partial charge in [-0.3, -0.25) is 4.79 Å². The number of ether oxygens (including phenoxy) is 2. The summed E-state index contributed by atoms with van der Waals surface area (Å²) in [6.45, 7) is 7.87. The first-order chi connectivity index (χ1) is 13.3. The second-order valence-corrected chi connectivity index (χ2v) is 7.03. The van der Waals surface area contributed by atoms with Gasteiger partial charge in [-0.25, -0.2) is 9.67 Å². The Morgan fingerprint density at radius 1 is 1.11 bits per heavy atom. The smallest absolute Gasteiger partial charge is 0.253 e. The summed E-state index contributed by atoms with van der Waals surface area (Å²) in [4.78, 5) is 17.5. The molecule has 3 aromatic rings. The van der Waals surface area contributed by atoms with Gasteiger partial charge in [-0.15, -0.1) is 0 Å². The highest BCUT2D eigenvalue weighted by molar-refractivity contribution is 5.98. The Balaban J connectivity index is 1.85. The van der Waals surface area contributed by atoms with Crippen molar-refractivity contribution in [2.24, 2.45) is 0 Å². The van der Waals surface area contributed by atoms with Gasteiger partial charge in [0.25, 0.3) is 5.91 Å². The number of hydrogen-bond acceptors (Lipinski definition) is 5. The molecule has 0 spiro atoms. The van der Waals surface area contributed by atoms with E-state index in [0.29, 0.717) is 22.8 Å². The SMILES string of the molecule is COc1ccc(C(C)NC(=O)c2cc3cnn(C(C)C)c3nc2C)cc1OC. The number of aromatic nitrogens is 3. The lowest BCUT2D eigenvalue weighted by Crippen LogP contribution is -2.27. The molecule has 148 valence electrons. The summed E-state index contributed by atoms with van der Waals surface area (Å²) in [5, 5.41) is 8.26. The standard InChI is InChI=1S/C21H26N4O3/c1-12(2)25-20-16(11-22-25)9-17(14(4)23-20)21(26)24-13(3)15-7-8-18(27-5)19(10-15)28-6/h7-13H,1-6H3,(H,24,26). The first kappa shape index (κ1) is 19.7. The molecule has 1 N–H and O–H groups in total. The number of carbonyl (C=O) groups excluding carboxylic acids is 1. The first-order valence-corrected chi connectivity index (χ1v) is 9.23. The zero-order valence-electron chi connectivity index (χ0n) is 17.1. The maximum absolute atomic E-state index is 12.9. The van der Waals surface area contributed by atoms with E-state index in [0.717, 1.165) is 16.6 Å². The van der Waals surface area contributed by atoms with Crippen LogP contribution >= 0.6 is 0 Å². The molecule has 1 unspecified atom stereocenters. The fourth-order valence-corrected chi connectivity index (χ4v) is 3.15. The van der Waals surface area contributed by atoms with Crippen LogP contribution in [-0.2, 0) is 0 Å². The molecule has 3 rings (SSSR count). The van der Waals surface area contributed by atoms with Crippen LogP contribution in [-0.4, -0.2) is 34.9 Å². The van der Waals surface area contributed by atoms with E-state index in [9.17, 15) is 4.79 Å². The van der Waals surface area contributed by atoms with Crippen molar-refractivity contribution in [2.75, 3.05) is 14.2 Å². The zero-order valence-corrected chi connectivity index (χ0v) is 17.1. The van der Waals surface area contributed by atoms with Crippen molar-refractivity contribution in [2.45, 2.75) is 39.8 Å². The van der Waals surface area contributed by atoms with Crippen LogP contribution in [0.2, 0.25) is 0 Å². The van der Waals surface area contributed by atoms with Crippen LogP contribution in [0.1, 0.15) is 54.5 Å². The molecular weight excluding hydrogens is 356 g/mol. The van der Waals surface area contributed by atoms with Crippen molar-refractivity contribution in [1.29, 1.82) is 0 Å². The van der Waals surface area contributed by atoms with Gasteiger partial charge in [-0.05, 0) is 51.5 Å². The lowest BCUT2D eigenvalue weighted by molar-refractivity contribution is 0.0939. The Bertz CT molecular complexity index is 1010. The molecular formula is C21H26N4O3. The summed E-state index contributed by atoms with van der Waals surface area (Å²) < 4.78 is 12.5. The summed E-state index contributed by atoms with van der Waals surface area (Å²) in [6, 6.07) is 7.45. The molecule has 7 nitrogen and oxygen atoms in total. The van der Waals surface area contributed by atoms with E-state index in [1.165, 1.54) is 0 Å². The predicted molar refractivity (Wildman–Crippen MR) is 108 cm³/mol. The molecule has 0 aliphatic carbocycles. The number of rotatable bonds is 6. The molecule has 0 saturated carbocycles. The minimum Gasteiger partial charge on any atom is -0.493 e. The van der Waals surface area contributed by atoms with Gasteiger partial charge >= 0.3 is 0 Å². The predicted octanol–water partition coefficient (Wildman–Crippen LogP) is 3.83. The van der Waals surface area contributed by atoms with Gasteiger partial charge in [-0.1, -0.05) is 6.07 Å². The Morgan fingerprint density at radius 2 is 1.82 bits per heavy atom. The summed E-state index contributed by atoms with van der Waals surface area (Å²) in [5.41, 5.74) is 2.93. The van der Waals surface area contributed by atoms with E-state index in [-0.39, 0.29) is 18.0 Å². The Hall–Kier alpha value is -3.09. The monoisotopic (exact) mass is 382 g/mol. The molecule has 28 heavy (non-hydrogen) atoms. The molecule has 2 aromatic heterocycles. The molecule has 1 atom stereocenters. The normalized spacial score (nSPS) is 12.2. The van der Waals surface area contributed by atoms with Gasteiger partial charge in [0.1, 0.15) is 0 Å². The summed E-state index contributed by atoms with van der Waals surface area (Å²) >= 11 is 0. The van der Waals surface area contributed by atoms with Crippen LogP contribution in [0.4, 0.5) is 0 Å². The van der Waals surface area contributed by atoms with Crippen LogP contribution in [0.3, 0.4) is 0 Å². The summed E-state index contributed by atoms with van der Waals surface area (Å²) in [7, 11) is 3.18. The number of hydrogen-bond donors (Lipinski definition) is 1. The highest BCUT2D eigenvalue weighted by Crippen LogP contribution is 2.30. The molecule has 0 fully saturated rings. The molecule has 1 aromatic carbocycles. The number of pyridine rings is 1. The number of carbonyl (C=O) groups is 1. The van der Waals surface area contributed by atoms with E-state index in [2.05, 4.69) is 29.2 Å². The maximum atomic E-state index is 12.9. The van der Waals surface area contributed by atoms with Crippen molar-refractivity contribution >= 4 is 16.9 Å². The molecule has 0 radical (unpaired) electrons. The van der Waals surface area contributed by atoms with E-state index < -0.39 is 0 Å². The average molecular weight is 382 g/mol. The van der Waals surface area contributed by atoms with Crippen molar-refractivity contribution in [3.05, 3.63) is 47.3 Å². The Kier molecular flexibility index (Phi) is 5.53. The van der Waals surface area contributed by atoms with Crippen LogP contribution in [0.15, 0.2) is 30.5 Å². The minimum atomic E-state index is -0.208. The second-order valence-electron chi connectivity index (χ2n) is 7.03. The van der Waals surface area contributed by atoms with Crippen LogP contribution in [0.5, 0.6) is 11.5 Å². The largest absolute Gasteiger partial charge is 0.493 e. The fourth-order valence-electron chi connectivity index (χ4n) is 3.15. The number of benzene rings is 1. The molecule has 7 heteroatoms. The van der Waals surface area contributed by atoms with Gasteiger partial charge in [0.05, 0.1) is 37.7 Å². The first-order valence-electron chi connectivity index (χ1n) is 9.23. The number of nitrogens with zero attached hydrogens (tertiary/aromatic N) is 3. The maximum Gasteiger partial charge on any atom is 0.253 e. The molecule has 2 heterocycles. The molecule has 0 saturated heterocycles. The zero-order chi connectivity index (χ0) is 20.4. The van der Waals surface area contributed by atoms with Crippen LogP contribution in [0, 0.1) is 6.92 Å². The third-order valence-corrected chi connectivity index (χ3v) is 4.75. The summed E-state index contributed by atoms with van der Waals surface area (Å²) in [6.07, 6.45) is 1.75. The molecule has 1 amide bonds. The van der Waals surface area contributed by atoms with E-state index in [4.69, 9.17) is 9.47 Å². The van der Waals surface area contributed by atoms with Gasteiger partial charge in [0, 0.05) is 11.4 Å². The highest BCUT2D eigenvalue weighted by atomic mass is 16.5. The lowest BCUT2D eigenvalue weighted by atomic mass is 10.1. The molecule has 0 bridgehead atoms. The van der Waals surface area contributed by atoms with Crippen molar-refractivity contribution in [3.63, 3.8) is 0 Å². The number of nitrogens with one attached hydrogen (secondary N) is 1. The van der Waals surface area contributed by atoms with E-state index >= 15 is 0 Å². The molecule has 0 aliphatic heterocycles. The lowest BCUT2D eigenvalue weighted by Gasteiger charge is -2.17. The molecule has 0 aliphatic rings. The Labute approximate surface area is 164 Å². The van der Waals surface area contributed by atoms with Gasteiger partial charge < -0.3 is 14.8 Å². The van der Waals surface area contributed by atoms with Crippen molar-refractivity contribution in [3.8, 4) is 11.5 Å². The van der Waals surface area contributed by atoms with E-state index in [1.807, 2.05) is 42.8 Å². The third kappa shape index (κ3) is 3.65. The van der Waals surface area contributed by atoms with Crippen LogP contribution < -0.4 is 14.8 Å². The average Bonchev–Trinajstić information content (AvgIpc) is 3.09. The highest BCUT2D eigenvalue weighted by Gasteiger charge is 2.18. The van der Waals surface area contributed by atoms with E-state index in [1.54, 1.807) is 20.4 Å². The minimum absolute atomic E-state index is 0.175. The fraction of sp³-hybridized carbons (Fsp3) is 0.381. The van der Waals surface area contributed by atoms with Gasteiger partial charge in [-0.2, -0.15) is 5.10 Å². The number of fused-ring (bicyclic) bond motifs is 1. The Morgan fingerprint density at radius 3 is 2.46 bits per heavy atom. The quantitative estimate of drug-likeness (QED) is 0.701. The van der Waals surface area contributed by atoms with Gasteiger partial charge in [0.2, 0.25) is 0 Å².